The molecule has 0 saturated heterocycles. The van der Waals surface area contributed by atoms with Crippen molar-refractivity contribution in [2.24, 2.45) is 5.92 Å². The number of hydrogen-bond acceptors (Lipinski definition) is 14. The average molecular weight is 1700 g/mol. The molecule has 1 saturated carbocycles. The van der Waals surface area contributed by atoms with E-state index in [0.29, 0.717) is 5.75 Å². The van der Waals surface area contributed by atoms with Crippen molar-refractivity contribution in [2.75, 3.05) is 135 Å². The summed E-state index contributed by atoms with van der Waals surface area (Å²) in [4.78, 5) is 23.5. The number of unbranched alkanes of at least 4 members (excludes halogenated alkanes) is 2. The number of nitrogens with one attached hydrogen (secondary N) is 2. The number of pyridine rings is 2. The topological polar surface area (TPSA) is 106 Å². The summed E-state index contributed by atoms with van der Waals surface area (Å²) in [6.45, 7) is 41.2. The molecule has 9 aliphatic heterocycles. The number of halogens is 2. The van der Waals surface area contributed by atoms with E-state index in [9.17, 15) is 8.78 Å². The van der Waals surface area contributed by atoms with Crippen LogP contribution >= 0.6 is 0 Å². The van der Waals surface area contributed by atoms with Crippen LogP contribution in [-0.2, 0) is 127 Å². The Morgan fingerprint density at radius 2 is 0.872 bits per heavy atom. The van der Waals surface area contributed by atoms with Gasteiger partial charge in [-0.2, -0.15) is 0 Å². The molecule has 0 amide bonds. The first kappa shape index (κ1) is 97.4. The second kappa shape index (κ2) is 48.2. The van der Waals surface area contributed by atoms with Gasteiger partial charge in [-0.15, -0.1) is 0 Å². The van der Waals surface area contributed by atoms with Crippen molar-refractivity contribution >= 4 is 0 Å². The lowest BCUT2D eigenvalue weighted by atomic mass is 9.93. The number of alkyl halides is 2. The minimum atomic E-state index is -2.72. The van der Waals surface area contributed by atoms with E-state index in [0.717, 1.165) is 133 Å². The summed E-state index contributed by atoms with van der Waals surface area (Å²) in [6.07, 6.45) is 20.5. The fraction of sp³-hybridized carbons (Fsp3) is 0.523. The van der Waals surface area contributed by atoms with Gasteiger partial charge in [0.05, 0.1) is 43.7 Å². The van der Waals surface area contributed by atoms with Crippen LogP contribution in [0, 0.1) is 68.2 Å². The van der Waals surface area contributed by atoms with Crippen molar-refractivity contribution in [3.05, 3.63) is 283 Å². The first-order valence-electron chi connectivity index (χ1n) is 47.0. The normalized spacial score (nSPS) is 17.3. The van der Waals surface area contributed by atoms with Crippen molar-refractivity contribution in [1.29, 1.82) is 0 Å². The van der Waals surface area contributed by atoms with E-state index < -0.39 is 5.92 Å². The van der Waals surface area contributed by atoms with E-state index >= 15 is 0 Å². The van der Waals surface area contributed by atoms with Crippen molar-refractivity contribution < 1.29 is 27.7 Å². The molecule has 14 nitrogen and oxygen atoms in total. The number of likely N-dealkylation sites (N-methyl/N-ethyl adjacent to an activating group) is 6. The van der Waals surface area contributed by atoms with Gasteiger partial charge in [-0.3, -0.25) is 0 Å². The molecule has 11 heterocycles. The monoisotopic (exact) mass is 1700 g/mol. The second-order valence-corrected chi connectivity index (χ2v) is 37.4. The summed E-state index contributed by atoms with van der Waals surface area (Å²) in [6, 6.07) is 45.8. The summed E-state index contributed by atoms with van der Waals surface area (Å²) < 4.78 is 47.9. The summed E-state index contributed by atoms with van der Waals surface area (Å²) in [5, 5.41) is 6.71. The van der Waals surface area contributed by atoms with Crippen LogP contribution in [0.25, 0.3) is 0 Å². The van der Waals surface area contributed by atoms with Gasteiger partial charge in [-0.1, -0.05) is 140 Å². The standard InChI is InChI=1S/C17H27N.C16H25NO.C14H20N2O.C11H16N2O.2C11H15N.C10H10F2O.C10H13N.C9H11N/c1-4-5-6-7-15-13-17-9-11-18(3)10-8-16(17)12-14(15)2;1-13-11-15-6-8-17(2)9-7-16(15)12-14(13)5-4-10-18-3;1-10-7-12-8-16(2)6-5-13(12)15-14(10)17-9-11-3-4-11;1-8-6-9-7-13(2)5-4-10(9)12-11(8)14-3;1-9-3-4-11-8-12(2)6-5-10(11)7-9;1-9-3-4-10-5-6-12(2)8-11(10)7-9;1-7-2-3-9-8(6-7)10(11,12)4-5-13-9;1-8-3-2-4-9-5-6-11-7-10(8)9;1-7-3-2-4-8-5-10-6-9(7)8/h12-13H,4-11H2,1-3H3;11-12H,4-10H2,1-3H3;7,11H,3-6,8-9H2,1-2H3;6H,4-5,7H2,1-3H3;2*3-4,7H,5-6,8H2,1-2H3;2-3,6H,4-5H2,1H3;2-4,11H,5-7H2,1H3;2-4,10H,5-6H2,1H3. The molecule has 2 N–H and O–H groups in total. The number of aromatic nitrogens is 2. The van der Waals surface area contributed by atoms with Crippen LogP contribution in [0.2, 0.25) is 0 Å². The molecule has 1 fully saturated rings. The molecule has 0 spiro atoms. The molecule has 0 atom stereocenters. The molecule has 19 rings (SSSR count). The molecule has 1 aliphatic carbocycles. The van der Waals surface area contributed by atoms with Crippen LogP contribution < -0.4 is 24.8 Å². The van der Waals surface area contributed by atoms with Gasteiger partial charge in [-0.25, -0.2) is 18.7 Å². The zero-order valence-electron chi connectivity index (χ0n) is 79.8. The minimum Gasteiger partial charge on any atom is -0.493 e. The van der Waals surface area contributed by atoms with Crippen LogP contribution in [0.5, 0.6) is 17.5 Å². The number of benzene rings is 7. The average Bonchev–Trinajstić information content (AvgIpc) is 1.80. The van der Waals surface area contributed by atoms with Gasteiger partial charge < -0.3 is 59.0 Å². The van der Waals surface area contributed by atoms with E-state index in [1.165, 1.54) is 229 Å². The Hall–Kier alpha value is -8.26. The first-order valence-corrected chi connectivity index (χ1v) is 47.0. The Morgan fingerprint density at radius 3 is 1.42 bits per heavy atom. The highest BCUT2D eigenvalue weighted by Crippen LogP contribution is 2.42. The van der Waals surface area contributed by atoms with Gasteiger partial charge in [-0.05, 0) is 336 Å². The molecule has 7 aromatic carbocycles. The molecule has 16 heteroatoms. The third-order valence-electron chi connectivity index (χ3n) is 26.4. The summed E-state index contributed by atoms with van der Waals surface area (Å²) in [5.41, 5.74) is 38.5. The zero-order chi connectivity index (χ0) is 89.1. The molecule has 125 heavy (non-hydrogen) atoms. The molecule has 0 radical (unpaired) electrons. The highest BCUT2D eigenvalue weighted by Gasteiger charge is 2.38. The number of aryl methyl sites for hydroxylation is 11. The number of fused-ring (bicyclic) bond motifs is 9. The molecular weight excluding hydrogens is 1550 g/mol. The van der Waals surface area contributed by atoms with Crippen molar-refractivity contribution in [3.63, 3.8) is 0 Å². The third kappa shape index (κ3) is 29.6. The first-order chi connectivity index (χ1) is 60.2. The smallest absolute Gasteiger partial charge is 0.280 e. The molecule has 0 unspecified atom stereocenters. The molecule has 676 valence electrons. The number of methoxy groups -OCH3 is 2. The van der Waals surface area contributed by atoms with E-state index in [-0.39, 0.29) is 18.6 Å². The van der Waals surface area contributed by atoms with Gasteiger partial charge in [0.2, 0.25) is 11.8 Å². The maximum Gasteiger partial charge on any atom is 0.280 e. The second-order valence-electron chi connectivity index (χ2n) is 37.4. The van der Waals surface area contributed by atoms with Crippen LogP contribution in [0.15, 0.2) is 127 Å². The maximum absolute atomic E-state index is 13.3. The molecule has 10 aliphatic rings. The molecular formula is C109H152F2N10O4. The summed E-state index contributed by atoms with van der Waals surface area (Å²) in [5.74, 6) is 0.0216. The van der Waals surface area contributed by atoms with Crippen LogP contribution in [0.1, 0.15) is 208 Å². The van der Waals surface area contributed by atoms with E-state index in [1.54, 1.807) is 72.2 Å². The van der Waals surface area contributed by atoms with Crippen molar-refractivity contribution in [2.45, 2.75) is 237 Å². The van der Waals surface area contributed by atoms with E-state index in [1.807, 2.05) is 6.92 Å². The summed E-state index contributed by atoms with van der Waals surface area (Å²) >= 11 is 0. The Balaban J connectivity index is 0.000000137. The Kier molecular flexibility index (Phi) is 37.6. The maximum atomic E-state index is 13.3. The quantitative estimate of drug-likeness (QED) is 0.113. The van der Waals surface area contributed by atoms with Crippen LogP contribution in [-0.4, -0.2) is 175 Å². The predicted octanol–water partition coefficient (Wildman–Crippen LogP) is 20.0. The van der Waals surface area contributed by atoms with Gasteiger partial charge in [0.25, 0.3) is 5.92 Å². The number of rotatable bonds is 12. The van der Waals surface area contributed by atoms with Crippen LogP contribution in [0.4, 0.5) is 8.78 Å². The SMILES string of the molecule is CCCCCc1cc2c(cc1C)CCN(C)CC2.COCCCc1cc2c(cc1C)CCN(C)CC2.COc1nc2c(cc1C)CN(C)CC2.Cc1cc2c(nc1OCC1CC1)CCN(C)C2.Cc1ccc2c(c1)C(F)(F)CCO2.Cc1ccc2c(c1)CCN(C)C2.Cc1ccc2c(c1)CN(C)CC2.Cc1cccc2c1CNC2.Cc1cccc2c1CNCC2. The fourth-order valence-corrected chi connectivity index (χ4v) is 18.2. The molecule has 2 aromatic heterocycles. The molecule has 9 aromatic rings. The number of hydrogen-bond donors (Lipinski definition) is 2. The summed E-state index contributed by atoms with van der Waals surface area (Å²) in [7, 11) is 16.6. The van der Waals surface area contributed by atoms with Gasteiger partial charge >= 0.3 is 0 Å². The molecule has 0 bridgehead atoms. The van der Waals surface area contributed by atoms with Crippen LogP contribution in [0.3, 0.4) is 0 Å². The lowest BCUT2D eigenvalue weighted by Crippen LogP contribution is -2.27. The Morgan fingerprint density at radius 1 is 0.416 bits per heavy atom. The Bertz CT molecular complexity index is 4870. The van der Waals surface area contributed by atoms with Crippen molar-refractivity contribution in [3.8, 4) is 17.5 Å². The van der Waals surface area contributed by atoms with E-state index in [2.05, 4.69) is 252 Å². The number of ether oxygens (including phenoxy) is 4. The predicted molar refractivity (Wildman–Crippen MR) is 514 cm³/mol. The largest absolute Gasteiger partial charge is 0.493 e. The van der Waals surface area contributed by atoms with E-state index in [4.69, 9.17) is 23.9 Å². The highest BCUT2D eigenvalue weighted by molar-refractivity contribution is 5.45. The lowest BCUT2D eigenvalue weighted by Gasteiger charge is -2.25. The third-order valence-corrected chi connectivity index (χ3v) is 26.4. The van der Waals surface area contributed by atoms with Gasteiger partial charge in [0.15, 0.2) is 0 Å². The minimum absolute atomic E-state index is 0.0266. The van der Waals surface area contributed by atoms with Crippen molar-refractivity contribution in [1.82, 2.24) is 50.0 Å². The fourth-order valence-electron chi connectivity index (χ4n) is 18.2. The highest BCUT2D eigenvalue weighted by atomic mass is 19.3. The van der Waals surface area contributed by atoms with Gasteiger partial charge in [0, 0.05) is 136 Å². The lowest BCUT2D eigenvalue weighted by molar-refractivity contribution is -0.0405. The van der Waals surface area contributed by atoms with Gasteiger partial charge in [0.1, 0.15) is 5.75 Å². The Labute approximate surface area is 752 Å². The number of nitrogens with zero attached hydrogens (tertiary/aromatic N) is 8. The zero-order valence-corrected chi connectivity index (χ0v) is 79.8.